The molecule has 0 saturated carbocycles. The van der Waals surface area contributed by atoms with Gasteiger partial charge in [-0.1, -0.05) is 13.0 Å². The van der Waals surface area contributed by atoms with E-state index in [1.807, 2.05) is 48.5 Å². The summed E-state index contributed by atoms with van der Waals surface area (Å²) in [7, 11) is 0. The first-order valence-electron chi connectivity index (χ1n) is 12.4. The monoisotopic (exact) mass is 482 g/mol. The van der Waals surface area contributed by atoms with Crippen LogP contribution in [0.5, 0.6) is 11.5 Å². The van der Waals surface area contributed by atoms with Crippen molar-refractivity contribution >= 4 is 17.3 Å². The van der Waals surface area contributed by atoms with Crippen LogP contribution in [-0.4, -0.2) is 37.5 Å². The summed E-state index contributed by atoms with van der Waals surface area (Å²) in [5.74, 6) is 1.30. The molecule has 2 rings (SSSR count). The number of carbonyl (C=O) groups is 1. The summed E-state index contributed by atoms with van der Waals surface area (Å²) < 4.78 is 16.6. The van der Waals surface area contributed by atoms with E-state index in [2.05, 4.69) is 16.8 Å². The molecule has 2 aromatic rings. The predicted octanol–water partition coefficient (Wildman–Crippen LogP) is 7.09. The minimum atomic E-state index is -0.323. The normalized spacial score (nSPS) is 10.9. The zero-order valence-electron chi connectivity index (χ0n) is 20.8. The van der Waals surface area contributed by atoms with Crippen molar-refractivity contribution in [2.75, 3.05) is 26.4 Å². The van der Waals surface area contributed by atoms with Gasteiger partial charge in [-0.05, 0) is 100 Å². The van der Waals surface area contributed by atoms with Crippen LogP contribution in [0.4, 0.5) is 11.4 Å². The molecule has 35 heavy (non-hydrogen) atoms. The van der Waals surface area contributed by atoms with Gasteiger partial charge in [0.05, 0.1) is 31.2 Å². The molecular formula is C28H38N2O5. The Morgan fingerprint density at radius 2 is 1.14 bits per heavy atom. The summed E-state index contributed by atoms with van der Waals surface area (Å²) in [4.78, 5) is 11.3. The first-order chi connectivity index (χ1) is 17.1. The van der Waals surface area contributed by atoms with Gasteiger partial charge >= 0.3 is 5.97 Å². The Morgan fingerprint density at radius 1 is 0.714 bits per heavy atom. The summed E-state index contributed by atoms with van der Waals surface area (Å²) in [6.07, 6.45) is 7.73. The molecule has 0 aliphatic rings. The third-order valence-corrected chi connectivity index (χ3v) is 5.16. The van der Waals surface area contributed by atoms with Crippen LogP contribution in [0.2, 0.25) is 0 Å². The van der Waals surface area contributed by atoms with Crippen molar-refractivity contribution in [3.05, 3.63) is 60.7 Å². The topological polar surface area (TPSA) is 89.7 Å². The van der Waals surface area contributed by atoms with Crippen molar-refractivity contribution in [2.24, 2.45) is 10.2 Å². The number of azo groups is 1. The second kappa shape index (κ2) is 17.3. The zero-order valence-corrected chi connectivity index (χ0v) is 20.8. The molecule has 0 atom stereocenters. The van der Waals surface area contributed by atoms with Gasteiger partial charge in [0, 0.05) is 12.2 Å². The molecule has 0 bridgehead atoms. The average molecular weight is 483 g/mol. The molecule has 0 unspecified atom stereocenters. The number of rotatable bonds is 18. The van der Waals surface area contributed by atoms with E-state index in [4.69, 9.17) is 19.3 Å². The van der Waals surface area contributed by atoms with Gasteiger partial charge < -0.3 is 19.3 Å². The summed E-state index contributed by atoms with van der Waals surface area (Å²) >= 11 is 0. The maximum atomic E-state index is 11.3. The van der Waals surface area contributed by atoms with Crippen LogP contribution in [0.25, 0.3) is 0 Å². The first-order valence-corrected chi connectivity index (χ1v) is 12.4. The molecule has 7 heteroatoms. The van der Waals surface area contributed by atoms with Crippen LogP contribution in [0.1, 0.15) is 58.3 Å². The van der Waals surface area contributed by atoms with Gasteiger partial charge in [0.1, 0.15) is 11.5 Å². The number of aliphatic hydroxyl groups is 1. The number of unbranched alkanes of at least 4 members (excludes halogenated alkanes) is 6. The van der Waals surface area contributed by atoms with Gasteiger partial charge in [0.25, 0.3) is 0 Å². The number of aliphatic hydroxyl groups excluding tert-OH is 1. The Hall–Kier alpha value is -3.19. The van der Waals surface area contributed by atoms with Crippen LogP contribution in [-0.2, 0) is 9.53 Å². The predicted molar refractivity (Wildman–Crippen MR) is 138 cm³/mol. The van der Waals surface area contributed by atoms with Crippen molar-refractivity contribution < 1.29 is 24.1 Å². The Labute approximate surface area is 208 Å². The van der Waals surface area contributed by atoms with Crippen molar-refractivity contribution in [3.63, 3.8) is 0 Å². The third-order valence-electron chi connectivity index (χ3n) is 5.16. The van der Waals surface area contributed by atoms with Crippen molar-refractivity contribution in [1.29, 1.82) is 0 Å². The quantitative estimate of drug-likeness (QED) is 0.106. The Morgan fingerprint density at radius 3 is 1.57 bits per heavy atom. The highest BCUT2D eigenvalue weighted by Crippen LogP contribution is 2.23. The number of nitrogens with zero attached hydrogens (tertiary/aromatic N) is 2. The maximum absolute atomic E-state index is 11.3. The SMILES string of the molecule is C=C(C)C(=O)OCCCCCCOc1ccc(N=Nc2ccc(OCCCCCCO)cc2)cc1. The smallest absolute Gasteiger partial charge is 0.333 e. The Kier molecular flexibility index (Phi) is 13.8. The molecule has 0 spiro atoms. The molecule has 0 heterocycles. The van der Waals surface area contributed by atoms with Crippen LogP contribution in [0, 0.1) is 0 Å². The first kappa shape index (κ1) is 28.1. The lowest BCUT2D eigenvalue weighted by Gasteiger charge is -2.07. The van der Waals surface area contributed by atoms with E-state index in [1.165, 1.54) is 0 Å². The molecule has 0 aliphatic heterocycles. The third kappa shape index (κ3) is 12.7. The standard InChI is InChI=1S/C28H38N2O5/c1-23(2)28(32)35-22-10-6-5-9-21-34-27-17-13-25(14-18-27)30-29-24-11-15-26(16-12-24)33-20-8-4-3-7-19-31/h11-18,31H,1,3-10,19-22H2,2H3. The lowest BCUT2D eigenvalue weighted by molar-refractivity contribution is -0.139. The Bertz CT molecular complexity index is 895. The highest BCUT2D eigenvalue weighted by atomic mass is 16.5. The number of hydrogen-bond donors (Lipinski definition) is 1. The Balaban J connectivity index is 1.60. The lowest BCUT2D eigenvalue weighted by atomic mass is 10.2. The molecule has 7 nitrogen and oxygen atoms in total. The van der Waals surface area contributed by atoms with Gasteiger partial charge in [0.2, 0.25) is 0 Å². The van der Waals surface area contributed by atoms with Crippen LogP contribution < -0.4 is 9.47 Å². The molecule has 0 aliphatic carbocycles. The summed E-state index contributed by atoms with van der Waals surface area (Å²) in [5, 5.41) is 17.3. The van der Waals surface area contributed by atoms with E-state index in [0.29, 0.717) is 25.4 Å². The van der Waals surface area contributed by atoms with E-state index in [9.17, 15) is 4.79 Å². The molecule has 0 amide bonds. The number of carbonyl (C=O) groups excluding carboxylic acids is 1. The second-order valence-corrected chi connectivity index (χ2v) is 8.35. The number of benzene rings is 2. The van der Waals surface area contributed by atoms with Gasteiger partial charge in [-0.15, -0.1) is 0 Å². The maximum Gasteiger partial charge on any atom is 0.333 e. The minimum Gasteiger partial charge on any atom is -0.494 e. The minimum absolute atomic E-state index is 0.259. The van der Waals surface area contributed by atoms with E-state index < -0.39 is 0 Å². The molecule has 0 aromatic heterocycles. The highest BCUT2D eigenvalue weighted by Gasteiger charge is 2.02. The van der Waals surface area contributed by atoms with E-state index in [0.717, 1.165) is 74.2 Å². The van der Waals surface area contributed by atoms with Crippen molar-refractivity contribution in [1.82, 2.24) is 0 Å². The van der Waals surface area contributed by atoms with Gasteiger partial charge in [-0.2, -0.15) is 10.2 Å². The van der Waals surface area contributed by atoms with E-state index in [-0.39, 0.29) is 12.6 Å². The molecule has 2 aromatic carbocycles. The number of esters is 1. The van der Waals surface area contributed by atoms with Gasteiger partial charge in [-0.3, -0.25) is 0 Å². The molecule has 190 valence electrons. The molecule has 0 radical (unpaired) electrons. The fourth-order valence-electron chi connectivity index (χ4n) is 3.13. The van der Waals surface area contributed by atoms with Crippen molar-refractivity contribution in [3.8, 4) is 11.5 Å². The van der Waals surface area contributed by atoms with Crippen molar-refractivity contribution in [2.45, 2.75) is 58.3 Å². The average Bonchev–Trinajstić information content (AvgIpc) is 2.87. The van der Waals surface area contributed by atoms with E-state index >= 15 is 0 Å². The summed E-state index contributed by atoms with van der Waals surface area (Å²) in [5.41, 5.74) is 1.95. The van der Waals surface area contributed by atoms with Gasteiger partial charge in [0.15, 0.2) is 0 Å². The van der Waals surface area contributed by atoms with Crippen LogP contribution >= 0.6 is 0 Å². The zero-order chi connectivity index (χ0) is 25.1. The lowest BCUT2D eigenvalue weighted by Crippen LogP contribution is -2.06. The summed E-state index contributed by atoms with van der Waals surface area (Å²) in [6.45, 7) is 7.22. The summed E-state index contributed by atoms with van der Waals surface area (Å²) in [6, 6.07) is 15.1. The largest absolute Gasteiger partial charge is 0.494 e. The second-order valence-electron chi connectivity index (χ2n) is 8.35. The van der Waals surface area contributed by atoms with E-state index in [1.54, 1.807) is 6.92 Å². The fourth-order valence-corrected chi connectivity index (χ4v) is 3.13. The van der Waals surface area contributed by atoms with Crippen LogP contribution in [0.15, 0.2) is 70.9 Å². The number of hydrogen-bond acceptors (Lipinski definition) is 7. The molecule has 1 N–H and O–H groups in total. The number of ether oxygens (including phenoxy) is 3. The fraction of sp³-hybridized carbons (Fsp3) is 0.464. The molecule has 0 fully saturated rings. The van der Waals surface area contributed by atoms with Gasteiger partial charge in [-0.25, -0.2) is 4.79 Å². The highest BCUT2D eigenvalue weighted by molar-refractivity contribution is 5.86. The van der Waals surface area contributed by atoms with Crippen LogP contribution in [0.3, 0.4) is 0 Å². The molecule has 0 saturated heterocycles. The molecular weight excluding hydrogens is 444 g/mol.